The molecule has 0 radical (unpaired) electrons. The van der Waals surface area contributed by atoms with E-state index in [0.717, 1.165) is 0 Å². The number of hydrogen-bond donors (Lipinski definition) is 3. The maximum absolute atomic E-state index is 12.9. The van der Waals surface area contributed by atoms with Crippen molar-refractivity contribution in [2.45, 2.75) is 39.3 Å². The van der Waals surface area contributed by atoms with Gasteiger partial charge in [0.1, 0.15) is 5.82 Å². The molecule has 0 aliphatic carbocycles. The Hall–Kier alpha value is -2.12. The lowest BCUT2D eigenvalue weighted by Crippen LogP contribution is -2.32. The highest BCUT2D eigenvalue weighted by Gasteiger charge is 2.19. The molecule has 25 heavy (non-hydrogen) atoms. The molecular formula is C17H23ClN4O3. The summed E-state index contributed by atoms with van der Waals surface area (Å²) in [5, 5.41) is 11.6. The van der Waals surface area contributed by atoms with Crippen LogP contribution in [0, 0.1) is 5.92 Å². The average Bonchev–Trinajstić information content (AvgIpc) is 2.51. The average molecular weight is 367 g/mol. The van der Waals surface area contributed by atoms with Crippen molar-refractivity contribution in [2.24, 2.45) is 11.7 Å². The van der Waals surface area contributed by atoms with Crippen molar-refractivity contribution in [3.8, 4) is 0 Å². The molecular weight excluding hydrogens is 344 g/mol. The third-order valence-corrected chi connectivity index (χ3v) is 4.17. The standard InChI is InChI=1S/C17H23ClN4O3/c1-10(2)9-12(19)15-21-13-6-3-5-11(18)14(13)16(23)22(15)8-4-7-20-17(24)25/h3,5-6,10,12,20H,4,7-9,19H2,1-2H3,(H,24,25). The van der Waals surface area contributed by atoms with Gasteiger partial charge in [-0.3, -0.25) is 9.36 Å². The molecule has 8 heteroatoms. The number of halogens is 1. The number of carboxylic acid groups (broad SMARTS) is 1. The largest absolute Gasteiger partial charge is 0.465 e. The molecule has 1 heterocycles. The second-order valence-corrected chi connectivity index (χ2v) is 6.79. The Bertz CT molecular complexity index is 819. The summed E-state index contributed by atoms with van der Waals surface area (Å²) >= 11 is 6.18. The molecule has 0 saturated carbocycles. The molecule has 0 saturated heterocycles. The van der Waals surface area contributed by atoms with Crippen LogP contribution in [0.3, 0.4) is 0 Å². The fraction of sp³-hybridized carbons (Fsp3) is 0.471. The van der Waals surface area contributed by atoms with Crippen molar-refractivity contribution in [1.29, 1.82) is 0 Å². The molecule has 1 aromatic heterocycles. The van der Waals surface area contributed by atoms with Crippen LogP contribution in [0.4, 0.5) is 4.79 Å². The zero-order valence-corrected chi connectivity index (χ0v) is 15.1. The van der Waals surface area contributed by atoms with E-state index in [1.54, 1.807) is 18.2 Å². The molecule has 1 unspecified atom stereocenters. The molecule has 136 valence electrons. The molecule has 2 aromatic rings. The molecule has 4 N–H and O–H groups in total. The number of hydrogen-bond acceptors (Lipinski definition) is 4. The summed E-state index contributed by atoms with van der Waals surface area (Å²) in [5.41, 5.74) is 6.55. The molecule has 0 bridgehead atoms. The first-order valence-electron chi connectivity index (χ1n) is 8.22. The van der Waals surface area contributed by atoms with Crippen LogP contribution in [0.2, 0.25) is 5.02 Å². The van der Waals surface area contributed by atoms with Gasteiger partial charge < -0.3 is 16.2 Å². The molecule has 1 aromatic carbocycles. The Balaban J connectivity index is 2.46. The number of nitrogens with two attached hydrogens (primary N) is 1. The third-order valence-electron chi connectivity index (χ3n) is 3.85. The summed E-state index contributed by atoms with van der Waals surface area (Å²) in [6.07, 6.45) is 0.0423. The molecule has 2 rings (SSSR count). The topological polar surface area (TPSA) is 110 Å². The molecule has 0 aliphatic rings. The van der Waals surface area contributed by atoms with E-state index in [1.165, 1.54) is 4.57 Å². The van der Waals surface area contributed by atoms with Crippen LogP contribution < -0.4 is 16.6 Å². The number of nitrogens with one attached hydrogen (secondary N) is 1. The fourth-order valence-corrected chi connectivity index (χ4v) is 3.04. The van der Waals surface area contributed by atoms with E-state index in [4.69, 9.17) is 22.4 Å². The van der Waals surface area contributed by atoms with E-state index in [1.807, 2.05) is 0 Å². The highest BCUT2D eigenvalue weighted by Crippen LogP contribution is 2.22. The van der Waals surface area contributed by atoms with Gasteiger partial charge in [0.25, 0.3) is 5.56 Å². The molecule has 1 amide bonds. The van der Waals surface area contributed by atoms with E-state index in [0.29, 0.717) is 47.1 Å². The monoisotopic (exact) mass is 366 g/mol. The highest BCUT2D eigenvalue weighted by atomic mass is 35.5. The van der Waals surface area contributed by atoms with Crippen LogP contribution >= 0.6 is 11.6 Å². The first-order valence-corrected chi connectivity index (χ1v) is 8.60. The molecule has 7 nitrogen and oxygen atoms in total. The minimum Gasteiger partial charge on any atom is -0.465 e. The van der Waals surface area contributed by atoms with Crippen molar-refractivity contribution in [3.63, 3.8) is 0 Å². The normalized spacial score (nSPS) is 12.5. The smallest absolute Gasteiger partial charge is 0.404 e. The van der Waals surface area contributed by atoms with Crippen LogP contribution in [0.25, 0.3) is 10.9 Å². The van der Waals surface area contributed by atoms with Gasteiger partial charge in [-0.15, -0.1) is 0 Å². The first kappa shape index (κ1) is 19.2. The van der Waals surface area contributed by atoms with E-state index >= 15 is 0 Å². The van der Waals surface area contributed by atoms with Gasteiger partial charge in [0, 0.05) is 13.1 Å². The predicted molar refractivity (Wildman–Crippen MR) is 98.0 cm³/mol. The van der Waals surface area contributed by atoms with E-state index in [2.05, 4.69) is 24.1 Å². The van der Waals surface area contributed by atoms with Crippen LogP contribution in [-0.4, -0.2) is 27.3 Å². The second kappa shape index (κ2) is 8.31. The Morgan fingerprint density at radius 3 is 2.80 bits per heavy atom. The van der Waals surface area contributed by atoms with Crippen molar-refractivity contribution < 1.29 is 9.90 Å². The van der Waals surface area contributed by atoms with Gasteiger partial charge in [-0.05, 0) is 30.9 Å². The van der Waals surface area contributed by atoms with E-state index < -0.39 is 6.09 Å². The minimum atomic E-state index is -1.09. The van der Waals surface area contributed by atoms with Crippen LogP contribution in [0.5, 0.6) is 0 Å². The Morgan fingerprint density at radius 2 is 2.16 bits per heavy atom. The summed E-state index contributed by atoms with van der Waals surface area (Å²) < 4.78 is 1.52. The van der Waals surface area contributed by atoms with E-state index in [9.17, 15) is 9.59 Å². The van der Waals surface area contributed by atoms with Crippen molar-refractivity contribution in [3.05, 3.63) is 39.4 Å². The number of rotatable bonds is 7. The SMILES string of the molecule is CC(C)CC(N)c1nc2cccc(Cl)c2c(=O)n1CCCNC(=O)O. The maximum Gasteiger partial charge on any atom is 0.404 e. The van der Waals surface area contributed by atoms with Gasteiger partial charge in [-0.1, -0.05) is 31.5 Å². The van der Waals surface area contributed by atoms with Gasteiger partial charge in [0.2, 0.25) is 0 Å². The Labute approximate surface area is 150 Å². The molecule has 0 aliphatic heterocycles. The lowest BCUT2D eigenvalue weighted by molar-refractivity contribution is 0.194. The molecule has 1 atom stereocenters. The Morgan fingerprint density at radius 1 is 1.44 bits per heavy atom. The van der Waals surface area contributed by atoms with Crippen LogP contribution in [0.1, 0.15) is 38.6 Å². The van der Waals surface area contributed by atoms with Gasteiger partial charge in [-0.2, -0.15) is 0 Å². The predicted octanol–water partition coefficient (Wildman–Crippen LogP) is 2.75. The number of benzene rings is 1. The Kier molecular flexibility index (Phi) is 6.39. The second-order valence-electron chi connectivity index (χ2n) is 6.38. The van der Waals surface area contributed by atoms with E-state index in [-0.39, 0.29) is 18.1 Å². The lowest BCUT2D eigenvalue weighted by Gasteiger charge is -2.20. The summed E-state index contributed by atoms with van der Waals surface area (Å²) in [6, 6.07) is 4.75. The third kappa shape index (κ3) is 4.70. The number of aromatic nitrogens is 2. The number of nitrogens with zero attached hydrogens (tertiary/aromatic N) is 2. The maximum atomic E-state index is 12.9. The lowest BCUT2D eigenvalue weighted by atomic mass is 10.0. The summed E-state index contributed by atoms with van der Waals surface area (Å²) in [6.45, 7) is 4.66. The quantitative estimate of drug-likeness (QED) is 0.652. The van der Waals surface area contributed by atoms with Crippen LogP contribution in [0.15, 0.2) is 23.0 Å². The molecule has 0 spiro atoms. The van der Waals surface area contributed by atoms with Crippen molar-refractivity contribution >= 4 is 28.6 Å². The summed E-state index contributed by atoms with van der Waals surface area (Å²) in [7, 11) is 0. The first-order chi connectivity index (χ1) is 11.8. The zero-order valence-electron chi connectivity index (χ0n) is 14.3. The fourth-order valence-electron chi connectivity index (χ4n) is 2.79. The number of amides is 1. The van der Waals surface area contributed by atoms with Crippen LogP contribution in [-0.2, 0) is 6.54 Å². The molecule has 0 fully saturated rings. The number of carbonyl (C=O) groups is 1. The summed E-state index contributed by atoms with van der Waals surface area (Å²) in [5.74, 6) is 0.855. The van der Waals surface area contributed by atoms with Crippen molar-refractivity contribution in [2.75, 3.05) is 6.54 Å². The van der Waals surface area contributed by atoms with Gasteiger partial charge >= 0.3 is 6.09 Å². The zero-order chi connectivity index (χ0) is 18.6. The van der Waals surface area contributed by atoms with Gasteiger partial charge in [0.15, 0.2) is 0 Å². The highest BCUT2D eigenvalue weighted by molar-refractivity contribution is 6.35. The van der Waals surface area contributed by atoms with Gasteiger partial charge in [-0.25, -0.2) is 9.78 Å². The van der Waals surface area contributed by atoms with Gasteiger partial charge in [0.05, 0.1) is 22.0 Å². The minimum absolute atomic E-state index is 0.237. The van der Waals surface area contributed by atoms with Crippen molar-refractivity contribution in [1.82, 2.24) is 14.9 Å². The summed E-state index contributed by atoms with van der Waals surface area (Å²) in [4.78, 5) is 28.1. The number of fused-ring (bicyclic) bond motifs is 1.